The second-order valence-corrected chi connectivity index (χ2v) is 4.87. The largest absolute Gasteiger partial charge is 0.370 e. The van der Waals surface area contributed by atoms with E-state index in [1.807, 2.05) is 12.1 Å². The van der Waals surface area contributed by atoms with Gasteiger partial charge in [-0.05, 0) is 36.6 Å². The molecule has 0 saturated heterocycles. The fourth-order valence-corrected chi connectivity index (χ4v) is 1.72. The minimum absolute atomic E-state index is 0.681. The predicted octanol–water partition coefficient (Wildman–Crippen LogP) is 3.15. The molecule has 0 spiro atoms. The van der Waals surface area contributed by atoms with E-state index in [-0.39, 0.29) is 0 Å². The molecule has 0 radical (unpaired) electrons. The SMILES string of the molecule is CC(C)CCN(CCN)c1ccc(Cl)cc1. The van der Waals surface area contributed by atoms with Crippen LogP contribution in [0.4, 0.5) is 5.69 Å². The van der Waals surface area contributed by atoms with E-state index in [0.29, 0.717) is 12.5 Å². The normalized spacial score (nSPS) is 10.8. The van der Waals surface area contributed by atoms with Crippen LogP contribution in [-0.4, -0.2) is 19.6 Å². The molecule has 0 saturated carbocycles. The molecule has 1 aromatic carbocycles. The molecule has 0 aliphatic carbocycles. The summed E-state index contributed by atoms with van der Waals surface area (Å²) in [4.78, 5) is 2.32. The first-order chi connectivity index (χ1) is 7.63. The lowest BCUT2D eigenvalue weighted by atomic mass is 10.1. The molecule has 16 heavy (non-hydrogen) atoms. The van der Waals surface area contributed by atoms with E-state index in [1.165, 1.54) is 12.1 Å². The van der Waals surface area contributed by atoms with Gasteiger partial charge in [0, 0.05) is 30.3 Å². The number of rotatable bonds is 6. The molecule has 0 aliphatic heterocycles. The molecule has 1 rings (SSSR count). The Bertz CT molecular complexity index is 295. The van der Waals surface area contributed by atoms with Crippen molar-refractivity contribution in [2.45, 2.75) is 20.3 Å². The topological polar surface area (TPSA) is 29.3 Å². The lowest BCUT2D eigenvalue weighted by molar-refractivity contribution is 0.573. The summed E-state index contributed by atoms with van der Waals surface area (Å²) < 4.78 is 0. The van der Waals surface area contributed by atoms with Crippen LogP contribution in [0.2, 0.25) is 5.02 Å². The van der Waals surface area contributed by atoms with E-state index in [2.05, 4.69) is 30.9 Å². The third-order valence-electron chi connectivity index (χ3n) is 2.57. The van der Waals surface area contributed by atoms with Crippen molar-refractivity contribution in [2.24, 2.45) is 11.7 Å². The van der Waals surface area contributed by atoms with Gasteiger partial charge in [0.1, 0.15) is 0 Å². The van der Waals surface area contributed by atoms with E-state index in [9.17, 15) is 0 Å². The van der Waals surface area contributed by atoms with Crippen molar-refractivity contribution in [3.8, 4) is 0 Å². The summed E-state index contributed by atoms with van der Waals surface area (Å²) in [5, 5.41) is 0.778. The first-order valence-electron chi connectivity index (χ1n) is 5.84. The number of benzene rings is 1. The molecular formula is C13H21ClN2. The van der Waals surface area contributed by atoms with Crippen LogP contribution in [0.15, 0.2) is 24.3 Å². The van der Waals surface area contributed by atoms with Crippen LogP contribution in [0.3, 0.4) is 0 Å². The standard InChI is InChI=1S/C13H21ClN2/c1-11(2)7-9-16(10-8-15)13-5-3-12(14)4-6-13/h3-6,11H,7-10,15H2,1-2H3. The average Bonchev–Trinajstić information content (AvgIpc) is 2.25. The number of hydrogen-bond acceptors (Lipinski definition) is 2. The summed E-state index contributed by atoms with van der Waals surface area (Å²) in [5.74, 6) is 0.715. The van der Waals surface area contributed by atoms with Crippen molar-refractivity contribution in [2.75, 3.05) is 24.5 Å². The van der Waals surface area contributed by atoms with Gasteiger partial charge in [0.25, 0.3) is 0 Å². The maximum atomic E-state index is 5.88. The van der Waals surface area contributed by atoms with Crippen molar-refractivity contribution >= 4 is 17.3 Å². The third-order valence-corrected chi connectivity index (χ3v) is 2.82. The molecule has 0 aromatic heterocycles. The highest BCUT2D eigenvalue weighted by Gasteiger charge is 2.06. The molecule has 0 amide bonds. The van der Waals surface area contributed by atoms with Crippen molar-refractivity contribution in [1.29, 1.82) is 0 Å². The molecule has 0 heterocycles. The molecule has 0 bridgehead atoms. The van der Waals surface area contributed by atoms with Gasteiger partial charge in [0.15, 0.2) is 0 Å². The summed E-state index contributed by atoms with van der Waals surface area (Å²) in [6, 6.07) is 7.96. The lowest BCUT2D eigenvalue weighted by Crippen LogP contribution is -2.30. The summed E-state index contributed by atoms with van der Waals surface area (Å²) in [6.45, 7) is 7.11. The highest BCUT2D eigenvalue weighted by molar-refractivity contribution is 6.30. The maximum absolute atomic E-state index is 5.88. The monoisotopic (exact) mass is 240 g/mol. The fraction of sp³-hybridized carbons (Fsp3) is 0.538. The smallest absolute Gasteiger partial charge is 0.0407 e. The Morgan fingerprint density at radius 2 is 1.81 bits per heavy atom. The van der Waals surface area contributed by atoms with Crippen molar-refractivity contribution in [3.63, 3.8) is 0 Å². The minimum Gasteiger partial charge on any atom is -0.370 e. The first kappa shape index (κ1) is 13.3. The molecule has 2 nitrogen and oxygen atoms in total. The molecular weight excluding hydrogens is 220 g/mol. The summed E-state index contributed by atoms with van der Waals surface area (Å²) in [6.07, 6.45) is 1.18. The Kier molecular flexibility index (Phi) is 5.64. The Labute approximate surface area is 103 Å². The van der Waals surface area contributed by atoms with Gasteiger partial charge in [-0.3, -0.25) is 0 Å². The van der Waals surface area contributed by atoms with Gasteiger partial charge in [-0.25, -0.2) is 0 Å². The molecule has 0 aliphatic rings. The highest BCUT2D eigenvalue weighted by atomic mass is 35.5. The fourth-order valence-electron chi connectivity index (χ4n) is 1.59. The van der Waals surface area contributed by atoms with Crippen LogP contribution in [0.5, 0.6) is 0 Å². The second-order valence-electron chi connectivity index (χ2n) is 4.43. The summed E-state index contributed by atoms with van der Waals surface area (Å²) in [5.41, 5.74) is 6.84. The van der Waals surface area contributed by atoms with E-state index in [0.717, 1.165) is 18.1 Å². The zero-order valence-electron chi connectivity index (χ0n) is 10.1. The van der Waals surface area contributed by atoms with Gasteiger partial charge in [-0.15, -0.1) is 0 Å². The molecule has 90 valence electrons. The zero-order valence-corrected chi connectivity index (χ0v) is 10.9. The Morgan fingerprint density at radius 3 is 2.31 bits per heavy atom. The van der Waals surface area contributed by atoms with Crippen molar-refractivity contribution < 1.29 is 0 Å². The number of halogens is 1. The van der Waals surface area contributed by atoms with Crippen LogP contribution in [0.25, 0.3) is 0 Å². The van der Waals surface area contributed by atoms with Gasteiger partial charge in [0.05, 0.1) is 0 Å². The lowest BCUT2D eigenvalue weighted by Gasteiger charge is -2.25. The zero-order chi connectivity index (χ0) is 12.0. The highest BCUT2D eigenvalue weighted by Crippen LogP contribution is 2.18. The number of anilines is 1. The molecule has 0 atom stereocenters. The van der Waals surface area contributed by atoms with Gasteiger partial charge in [-0.1, -0.05) is 25.4 Å². The predicted molar refractivity (Wildman–Crippen MR) is 72.2 cm³/mol. The molecule has 0 unspecified atom stereocenters. The minimum atomic E-state index is 0.681. The van der Waals surface area contributed by atoms with E-state index >= 15 is 0 Å². The van der Waals surface area contributed by atoms with Crippen LogP contribution in [0, 0.1) is 5.92 Å². The first-order valence-corrected chi connectivity index (χ1v) is 6.22. The second kappa shape index (κ2) is 6.77. The van der Waals surface area contributed by atoms with E-state index in [4.69, 9.17) is 17.3 Å². The van der Waals surface area contributed by atoms with Crippen LogP contribution in [-0.2, 0) is 0 Å². The summed E-state index contributed by atoms with van der Waals surface area (Å²) in [7, 11) is 0. The van der Waals surface area contributed by atoms with Crippen molar-refractivity contribution in [1.82, 2.24) is 0 Å². The van der Waals surface area contributed by atoms with Gasteiger partial charge in [0.2, 0.25) is 0 Å². The number of nitrogens with two attached hydrogens (primary N) is 1. The van der Waals surface area contributed by atoms with Crippen LogP contribution in [0.1, 0.15) is 20.3 Å². The van der Waals surface area contributed by atoms with Gasteiger partial charge < -0.3 is 10.6 Å². The maximum Gasteiger partial charge on any atom is 0.0407 e. The molecule has 2 N–H and O–H groups in total. The average molecular weight is 241 g/mol. The molecule has 1 aromatic rings. The van der Waals surface area contributed by atoms with Crippen LogP contribution < -0.4 is 10.6 Å². The van der Waals surface area contributed by atoms with E-state index < -0.39 is 0 Å². The van der Waals surface area contributed by atoms with Gasteiger partial charge in [-0.2, -0.15) is 0 Å². The third kappa shape index (κ3) is 4.42. The number of nitrogens with zero attached hydrogens (tertiary/aromatic N) is 1. The Hall–Kier alpha value is -0.730. The Balaban J connectivity index is 2.64. The van der Waals surface area contributed by atoms with E-state index in [1.54, 1.807) is 0 Å². The molecule has 0 fully saturated rings. The van der Waals surface area contributed by atoms with Crippen LogP contribution >= 0.6 is 11.6 Å². The number of hydrogen-bond donors (Lipinski definition) is 1. The van der Waals surface area contributed by atoms with Crippen molar-refractivity contribution in [3.05, 3.63) is 29.3 Å². The quantitative estimate of drug-likeness (QED) is 0.828. The molecule has 3 heteroatoms. The van der Waals surface area contributed by atoms with Gasteiger partial charge >= 0.3 is 0 Å². The Morgan fingerprint density at radius 1 is 1.19 bits per heavy atom. The summed E-state index contributed by atoms with van der Waals surface area (Å²) >= 11 is 5.88.